The minimum atomic E-state index is 0.657. The lowest BCUT2D eigenvalue weighted by Gasteiger charge is -2.23. The van der Waals surface area contributed by atoms with Crippen LogP contribution < -0.4 is 5.32 Å². The molecule has 0 bridgehead atoms. The van der Waals surface area contributed by atoms with Gasteiger partial charge in [0.2, 0.25) is 0 Å². The van der Waals surface area contributed by atoms with E-state index >= 15 is 0 Å². The van der Waals surface area contributed by atoms with Crippen molar-refractivity contribution in [2.75, 3.05) is 19.6 Å². The van der Waals surface area contributed by atoms with E-state index < -0.39 is 0 Å². The zero-order valence-electron chi connectivity index (χ0n) is 10.0. The first kappa shape index (κ1) is 11.6. The largest absolute Gasteiger partial charge is 0.313 e. The number of rotatable bonds is 3. The van der Waals surface area contributed by atoms with E-state index in [0.717, 1.165) is 13.1 Å². The van der Waals surface area contributed by atoms with Gasteiger partial charge in [0.1, 0.15) is 0 Å². The van der Waals surface area contributed by atoms with Crippen LogP contribution in [-0.2, 0) is 6.54 Å². The third kappa shape index (κ3) is 3.29. The summed E-state index contributed by atoms with van der Waals surface area (Å²) in [5, 5.41) is 3.59. The van der Waals surface area contributed by atoms with Crippen LogP contribution in [0.25, 0.3) is 0 Å². The predicted molar refractivity (Wildman–Crippen MR) is 66.2 cm³/mol. The van der Waals surface area contributed by atoms with Crippen molar-refractivity contribution in [2.24, 2.45) is 0 Å². The van der Waals surface area contributed by atoms with Gasteiger partial charge in [-0.2, -0.15) is 0 Å². The Balaban J connectivity index is 1.93. The van der Waals surface area contributed by atoms with E-state index in [2.05, 4.69) is 34.3 Å². The second-order valence-electron chi connectivity index (χ2n) is 4.50. The van der Waals surface area contributed by atoms with Crippen LogP contribution in [0.4, 0.5) is 0 Å². The smallest absolute Gasteiger partial charge is 0.0271 e. The fourth-order valence-corrected chi connectivity index (χ4v) is 2.24. The summed E-state index contributed by atoms with van der Waals surface area (Å²) in [4.78, 5) is 6.60. The summed E-state index contributed by atoms with van der Waals surface area (Å²) >= 11 is 0. The van der Waals surface area contributed by atoms with Gasteiger partial charge >= 0.3 is 0 Å². The summed E-state index contributed by atoms with van der Waals surface area (Å²) in [7, 11) is 0. The Morgan fingerprint density at radius 2 is 2.25 bits per heavy atom. The molecule has 1 fully saturated rings. The van der Waals surface area contributed by atoms with Crippen molar-refractivity contribution in [3.8, 4) is 0 Å². The van der Waals surface area contributed by atoms with Gasteiger partial charge in [-0.15, -0.1) is 0 Å². The van der Waals surface area contributed by atoms with Crippen LogP contribution in [0.15, 0.2) is 24.5 Å². The molecule has 1 atom stereocenters. The first-order chi connectivity index (χ1) is 7.88. The van der Waals surface area contributed by atoms with Gasteiger partial charge < -0.3 is 5.32 Å². The number of nitrogens with one attached hydrogen (secondary N) is 1. The SMILES string of the molecule is CCC1CN(Cc2ccncc2)CCCN1. The molecule has 1 N–H and O–H groups in total. The fourth-order valence-electron chi connectivity index (χ4n) is 2.24. The van der Waals surface area contributed by atoms with Crippen LogP contribution in [0, 0.1) is 0 Å². The standard InChI is InChI=1S/C13H21N3/c1-2-13-11-16(9-3-6-15-13)10-12-4-7-14-8-5-12/h4-5,7-8,13,15H,2-3,6,9-11H2,1H3. The maximum Gasteiger partial charge on any atom is 0.0271 e. The van der Waals surface area contributed by atoms with E-state index in [9.17, 15) is 0 Å². The Morgan fingerprint density at radius 3 is 3.00 bits per heavy atom. The van der Waals surface area contributed by atoms with Crippen molar-refractivity contribution in [2.45, 2.75) is 32.4 Å². The van der Waals surface area contributed by atoms with E-state index in [4.69, 9.17) is 0 Å². The molecular weight excluding hydrogens is 198 g/mol. The zero-order valence-corrected chi connectivity index (χ0v) is 10.0. The first-order valence-electron chi connectivity index (χ1n) is 6.23. The van der Waals surface area contributed by atoms with Crippen molar-refractivity contribution in [3.63, 3.8) is 0 Å². The molecule has 2 rings (SSSR count). The number of aromatic nitrogens is 1. The van der Waals surface area contributed by atoms with Gasteiger partial charge in [0.05, 0.1) is 0 Å². The Morgan fingerprint density at radius 1 is 1.44 bits per heavy atom. The molecule has 88 valence electrons. The van der Waals surface area contributed by atoms with Gasteiger partial charge in [0, 0.05) is 31.5 Å². The Kier molecular flexibility index (Phi) is 4.31. The second kappa shape index (κ2) is 5.97. The number of nitrogens with zero attached hydrogens (tertiary/aromatic N) is 2. The highest BCUT2D eigenvalue weighted by Crippen LogP contribution is 2.08. The molecule has 0 amide bonds. The van der Waals surface area contributed by atoms with Crippen LogP contribution in [0.2, 0.25) is 0 Å². The van der Waals surface area contributed by atoms with Crippen LogP contribution in [0.1, 0.15) is 25.3 Å². The van der Waals surface area contributed by atoms with Gasteiger partial charge in [0.15, 0.2) is 0 Å². The number of hydrogen-bond acceptors (Lipinski definition) is 3. The number of pyridine rings is 1. The molecule has 1 aliphatic rings. The van der Waals surface area contributed by atoms with Gasteiger partial charge in [-0.25, -0.2) is 0 Å². The molecule has 0 saturated carbocycles. The highest BCUT2D eigenvalue weighted by Gasteiger charge is 2.15. The van der Waals surface area contributed by atoms with Crippen molar-refractivity contribution in [1.29, 1.82) is 0 Å². The molecule has 3 nitrogen and oxygen atoms in total. The highest BCUT2D eigenvalue weighted by molar-refractivity contribution is 5.09. The Bertz CT molecular complexity index is 299. The van der Waals surface area contributed by atoms with E-state index in [1.807, 2.05) is 12.4 Å². The average Bonchev–Trinajstić information content (AvgIpc) is 2.55. The minimum Gasteiger partial charge on any atom is -0.313 e. The van der Waals surface area contributed by atoms with Crippen molar-refractivity contribution < 1.29 is 0 Å². The monoisotopic (exact) mass is 219 g/mol. The molecule has 1 aromatic heterocycles. The van der Waals surface area contributed by atoms with Gasteiger partial charge in [-0.3, -0.25) is 9.88 Å². The lowest BCUT2D eigenvalue weighted by molar-refractivity contribution is 0.257. The summed E-state index contributed by atoms with van der Waals surface area (Å²) in [5.41, 5.74) is 1.37. The predicted octanol–water partition coefficient (Wildman–Crippen LogP) is 1.66. The average molecular weight is 219 g/mol. The molecule has 1 aromatic rings. The lowest BCUT2D eigenvalue weighted by atomic mass is 10.2. The molecule has 1 unspecified atom stereocenters. The summed E-state index contributed by atoms with van der Waals surface area (Å²) in [6, 6.07) is 4.88. The molecule has 0 spiro atoms. The molecule has 16 heavy (non-hydrogen) atoms. The van der Waals surface area contributed by atoms with Crippen molar-refractivity contribution in [3.05, 3.63) is 30.1 Å². The third-order valence-electron chi connectivity index (χ3n) is 3.21. The lowest BCUT2D eigenvalue weighted by Crippen LogP contribution is -2.36. The Labute approximate surface area is 97.9 Å². The van der Waals surface area contributed by atoms with Crippen LogP contribution >= 0.6 is 0 Å². The van der Waals surface area contributed by atoms with Gasteiger partial charge in [-0.1, -0.05) is 6.92 Å². The summed E-state index contributed by atoms with van der Waals surface area (Å²) in [6.07, 6.45) is 6.22. The van der Waals surface area contributed by atoms with Crippen molar-refractivity contribution >= 4 is 0 Å². The van der Waals surface area contributed by atoms with Gasteiger partial charge in [0.25, 0.3) is 0 Å². The van der Waals surface area contributed by atoms with Crippen LogP contribution in [0.5, 0.6) is 0 Å². The molecule has 0 aromatic carbocycles. The fraction of sp³-hybridized carbons (Fsp3) is 0.615. The van der Waals surface area contributed by atoms with Gasteiger partial charge in [-0.05, 0) is 43.6 Å². The molecule has 1 saturated heterocycles. The topological polar surface area (TPSA) is 28.2 Å². The molecule has 1 aliphatic heterocycles. The third-order valence-corrected chi connectivity index (χ3v) is 3.21. The van der Waals surface area contributed by atoms with Crippen LogP contribution in [-0.4, -0.2) is 35.6 Å². The second-order valence-corrected chi connectivity index (χ2v) is 4.50. The zero-order chi connectivity index (χ0) is 11.2. The maximum atomic E-state index is 4.06. The summed E-state index contributed by atoms with van der Waals surface area (Å²) < 4.78 is 0. The molecule has 2 heterocycles. The van der Waals surface area contributed by atoms with E-state index in [0.29, 0.717) is 6.04 Å². The summed E-state index contributed by atoms with van der Waals surface area (Å²) in [6.45, 7) is 6.84. The normalized spacial score (nSPS) is 22.9. The van der Waals surface area contributed by atoms with Crippen molar-refractivity contribution in [1.82, 2.24) is 15.2 Å². The number of hydrogen-bond donors (Lipinski definition) is 1. The summed E-state index contributed by atoms with van der Waals surface area (Å²) in [5.74, 6) is 0. The van der Waals surface area contributed by atoms with E-state index in [1.54, 1.807) is 0 Å². The van der Waals surface area contributed by atoms with E-state index in [-0.39, 0.29) is 0 Å². The molecule has 3 heteroatoms. The molecule has 0 aliphatic carbocycles. The van der Waals surface area contributed by atoms with E-state index in [1.165, 1.54) is 31.5 Å². The molecular formula is C13H21N3. The maximum absolute atomic E-state index is 4.06. The van der Waals surface area contributed by atoms with Crippen LogP contribution in [0.3, 0.4) is 0 Å². The minimum absolute atomic E-state index is 0.657. The Hall–Kier alpha value is -0.930. The highest BCUT2D eigenvalue weighted by atomic mass is 15.2. The first-order valence-corrected chi connectivity index (χ1v) is 6.23. The molecule has 0 radical (unpaired) electrons. The quantitative estimate of drug-likeness (QED) is 0.838.